The zero-order valence-electron chi connectivity index (χ0n) is 44.2. The number of hydrogen-bond acceptors (Lipinski definition) is 11. The standard InChI is InChI=1S/C63H72N8O3/c1-42(2)59(72)74-41-17-13-11-9-8-10-12-16-40-73-44-28-26-43(27-29-44)68-69-50-32-33-51(46-21-15-14-20-45(46)50)70-71-52-34-35-56-58-48(52)23-19-25-54(58)65-63(67-56)38-36-62(37-39-63)64-53-24-18-22-47-49(61(6,7)60(3,4)5)30-31-55(66-62)57(47)53/h14-15,18-35,64-67H,1,8-13,16-17,36-41H2,2-7H3. The monoisotopic (exact) mass is 989 g/mol. The second kappa shape index (κ2) is 20.9. The van der Waals surface area contributed by atoms with E-state index in [1.807, 2.05) is 48.5 Å². The highest BCUT2D eigenvalue weighted by Crippen LogP contribution is 2.52. The second-order valence-corrected chi connectivity index (χ2v) is 22.4. The Morgan fingerprint density at radius 1 is 0.514 bits per heavy atom. The van der Waals surface area contributed by atoms with Crippen LogP contribution in [0, 0.1) is 5.41 Å². The molecule has 7 aromatic carbocycles. The maximum absolute atomic E-state index is 11.5. The number of rotatable bonds is 18. The second-order valence-electron chi connectivity index (χ2n) is 22.4. The van der Waals surface area contributed by atoms with E-state index < -0.39 is 0 Å². The van der Waals surface area contributed by atoms with Crippen LogP contribution in [0.2, 0.25) is 0 Å². The third kappa shape index (κ3) is 10.4. The molecule has 11 heteroatoms. The van der Waals surface area contributed by atoms with Gasteiger partial charge in [0.2, 0.25) is 0 Å². The maximum atomic E-state index is 11.5. The van der Waals surface area contributed by atoms with E-state index in [0.717, 1.165) is 119 Å². The van der Waals surface area contributed by atoms with Crippen molar-refractivity contribution in [3.8, 4) is 5.75 Å². The van der Waals surface area contributed by atoms with E-state index in [1.54, 1.807) is 6.92 Å². The topological polar surface area (TPSA) is 133 Å². The lowest BCUT2D eigenvalue weighted by Crippen LogP contribution is -2.59. The van der Waals surface area contributed by atoms with E-state index >= 15 is 0 Å². The number of ether oxygens (including phenoxy) is 2. The molecule has 1 fully saturated rings. The van der Waals surface area contributed by atoms with Crippen molar-refractivity contribution in [1.82, 2.24) is 0 Å². The van der Waals surface area contributed by atoms with E-state index in [1.165, 1.54) is 47.0 Å². The summed E-state index contributed by atoms with van der Waals surface area (Å²) in [5, 5.41) is 41.7. The number of anilines is 4. The molecule has 0 amide bonds. The fourth-order valence-electron chi connectivity index (χ4n) is 11.0. The molecule has 1 aliphatic carbocycles. The third-order valence-corrected chi connectivity index (χ3v) is 16.2. The lowest BCUT2D eigenvalue weighted by Gasteiger charge is -2.52. The summed E-state index contributed by atoms with van der Waals surface area (Å²) in [6, 6.07) is 42.0. The van der Waals surface area contributed by atoms with Crippen molar-refractivity contribution in [1.29, 1.82) is 0 Å². The van der Waals surface area contributed by atoms with Crippen LogP contribution in [0.4, 0.5) is 45.5 Å². The number of unbranched alkanes of at least 4 members (excludes halogenated alkanes) is 7. The van der Waals surface area contributed by atoms with Gasteiger partial charge in [0.1, 0.15) is 17.1 Å². The summed E-state index contributed by atoms with van der Waals surface area (Å²) in [5.41, 5.74) is 9.19. The van der Waals surface area contributed by atoms with Crippen LogP contribution in [0.25, 0.3) is 32.3 Å². The summed E-state index contributed by atoms with van der Waals surface area (Å²) in [4.78, 5) is 11.5. The highest BCUT2D eigenvalue weighted by molar-refractivity contribution is 6.10. The zero-order chi connectivity index (χ0) is 51.5. The molecule has 0 radical (unpaired) electrons. The van der Waals surface area contributed by atoms with Gasteiger partial charge >= 0.3 is 5.97 Å². The molecule has 4 N–H and O–H groups in total. The Balaban J connectivity index is 0.741. The van der Waals surface area contributed by atoms with Crippen LogP contribution in [0.5, 0.6) is 5.75 Å². The number of carbonyl (C=O) groups excluding carboxylic acids is 1. The van der Waals surface area contributed by atoms with Crippen molar-refractivity contribution in [2.24, 2.45) is 25.9 Å². The minimum Gasteiger partial charge on any atom is -0.494 e. The van der Waals surface area contributed by atoms with Crippen LogP contribution >= 0.6 is 0 Å². The fraction of sp³-hybridized carbons (Fsp3) is 0.381. The molecular weight excluding hydrogens is 917 g/mol. The Morgan fingerprint density at radius 3 is 1.51 bits per heavy atom. The first-order valence-corrected chi connectivity index (χ1v) is 26.9. The molecule has 2 spiro atoms. The number of benzene rings is 7. The zero-order valence-corrected chi connectivity index (χ0v) is 44.2. The van der Waals surface area contributed by atoms with Gasteiger partial charge in [-0.05, 0) is 134 Å². The van der Waals surface area contributed by atoms with Crippen LogP contribution in [-0.2, 0) is 14.9 Å². The Labute approximate surface area is 436 Å². The highest BCUT2D eigenvalue weighted by atomic mass is 16.5. The molecule has 0 saturated heterocycles. The smallest absolute Gasteiger partial charge is 0.333 e. The number of nitrogens with zero attached hydrogens (tertiary/aromatic N) is 4. The number of fused-ring (bicyclic) bond motifs is 1. The molecule has 382 valence electrons. The summed E-state index contributed by atoms with van der Waals surface area (Å²) in [5.74, 6) is 0.534. The van der Waals surface area contributed by atoms with Gasteiger partial charge in [0.05, 0.1) is 36.0 Å². The predicted molar refractivity (Wildman–Crippen MR) is 306 cm³/mol. The number of carbonyl (C=O) groups is 1. The van der Waals surface area contributed by atoms with Gasteiger partial charge in [-0.15, -0.1) is 15.3 Å². The average Bonchev–Trinajstić information content (AvgIpc) is 3.40. The lowest BCUT2D eigenvalue weighted by molar-refractivity contribution is -0.139. The van der Waals surface area contributed by atoms with Crippen LogP contribution in [0.3, 0.4) is 0 Å². The van der Waals surface area contributed by atoms with E-state index in [0.29, 0.717) is 18.8 Å². The van der Waals surface area contributed by atoms with Gasteiger partial charge < -0.3 is 30.7 Å². The maximum Gasteiger partial charge on any atom is 0.333 e. The SMILES string of the molecule is C=C(C)C(=O)OCCCCCCCCCCOc1ccc(N=Nc2ccc(N=Nc3ccc4c5c(cccc35)NC3(CCC5(CC3)Nc3cccc6c(C(C)(C)C(C)(C)C)ccc(c36)N5)N4)c3ccccc23)cc1. The molecule has 0 bridgehead atoms. The number of esters is 1. The molecule has 7 aromatic rings. The van der Waals surface area contributed by atoms with Crippen molar-refractivity contribution in [2.75, 3.05) is 34.5 Å². The molecule has 11 nitrogen and oxygen atoms in total. The Morgan fingerprint density at radius 2 is 0.959 bits per heavy atom. The van der Waals surface area contributed by atoms with E-state index in [2.05, 4.69) is 145 Å². The first kappa shape index (κ1) is 50.3. The van der Waals surface area contributed by atoms with Crippen molar-refractivity contribution in [2.45, 2.75) is 135 Å². The van der Waals surface area contributed by atoms with Crippen molar-refractivity contribution >= 4 is 83.8 Å². The van der Waals surface area contributed by atoms with Gasteiger partial charge in [0.25, 0.3) is 0 Å². The van der Waals surface area contributed by atoms with Gasteiger partial charge in [-0.2, -0.15) is 5.11 Å². The highest BCUT2D eigenvalue weighted by Gasteiger charge is 2.47. The molecule has 0 atom stereocenters. The molecule has 2 aliphatic heterocycles. The molecule has 2 heterocycles. The molecule has 74 heavy (non-hydrogen) atoms. The van der Waals surface area contributed by atoms with E-state index in [4.69, 9.17) is 19.7 Å². The molecular formula is C63H72N8O3. The number of nitrogens with one attached hydrogen (secondary N) is 4. The van der Waals surface area contributed by atoms with Gasteiger partial charge in [-0.1, -0.05) is 134 Å². The van der Waals surface area contributed by atoms with Crippen LogP contribution in [0.1, 0.15) is 124 Å². The van der Waals surface area contributed by atoms with Crippen molar-refractivity contribution in [3.63, 3.8) is 0 Å². The first-order chi connectivity index (χ1) is 35.7. The summed E-state index contributed by atoms with van der Waals surface area (Å²) in [7, 11) is 0. The van der Waals surface area contributed by atoms with E-state index in [9.17, 15) is 4.79 Å². The summed E-state index contributed by atoms with van der Waals surface area (Å²) in [6.07, 6.45) is 12.7. The third-order valence-electron chi connectivity index (χ3n) is 16.2. The molecule has 0 unspecified atom stereocenters. The van der Waals surface area contributed by atoms with Gasteiger partial charge in [-0.25, -0.2) is 4.79 Å². The van der Waals surface area contributed by atoms with Gasteiger partial charge in [0.15, 0.2) is 0 Å². The normalized spacial score (nSPS) is 18.2. The Bertz CT molecular complexity index is 3240. The van der Waals surface area contributed by atoms with Crippen LogP contribution in [-0.4, -0.2) is 30.5 Å². The lowest BCUT2D eigenvalue weighted by atomic mass is 9.64. The average molecular weight is 989 g/mol. The Kier molecular flexibility index (Phi) is 14.2. The largest absolute Gasteiger partial charge is 0.494 e. The summed E-state index contributed by atoms with van der Waals surface area (Å²) < 4.78 is 11.2. The van der Waals surface area contributed by atoms with Crippen LogP contribution < -0.4 is 26.0 Å². The quantitative estimate of drug-likeness (QED) is 0.0291. The van der Waals surface area contributed by atoms with Crippen molar-refractivity contribution < 1.29 is 14.3 Å². The first-order valence-electron chi connectivity index (χ1n) is 26.9. The molecule has 0 aromatic heterocycles. The molecule has 10 rings (SSSR count). The Hall–Kier alpha value is -7.27. The fourth-order valence-corrected chi connectivity index (χ4v) is 11.0. The van der Waals surface area contributed by atoms with E-state index in [-0.39, 0.29) is 28.1 Å². The molecule has 3 aliphatic rings. The minimum absolute atomic E-state index is 0.00185. The number of hydrogen-bond donors (Lipinski definition) is 4. The molecule has 1 saturated carbocycles. The predicted octanol–water partition coefficient (Wildman–Crippen LogP) is 18.3. The van der Waals surface area contributed by atoms with Gasteiger partial charge in [0, 0.05) is 55.3 Å². The summed E-state index contributed by atoms with van der Waals surface area (Å²) in [6.45, 7) is 18.2. The number of azo groups is 2. The van der Waals surface area contributed by atoms with Crippen molar-refractivity contribution in [3.05, 3.63) is 139 Å². The minimum atomic E-state index is -0.296. The van der Waals surface area contributed by atoms with Crippen LogP contribution in [0.15, 0.2) is 154 Å². The summed E-state index contributed by atoms with van der Waals surface area (Å²) >= 11 is 0. The van der Waals surface area contributed by atoms with Gasteiger partial charge in [-0.3, -0.25) is 0 Å².